The molecule has 0 spiro atoms. The molecule has 4 N–H and O–H groups in total. The zero-order valence-electron chi connectivity index (χ0n) is 23.0. The van der Waals surface area contributed by atoms with Gasteiger partial charge >= 0.3 is 6.09 Å². The van der Waals surface area contributed by atoms with E-state index in [0.717, 1.165) is 34.7 Å². The van der Waals surface area contributed by atoms with Gasteiger partial charge in [0.05, 0.1) is 0 Å². The van der Waals surface area contributed by atoms with Crippen LogP contribution in [0.1, 0.15) is 51.2 Å². The van der Waals surface area contributed by atoms with Crippen molar-refractivity contribution in [3.63, 3.8) is 0 Å². The number of hydrogen-bond donors (Lipinski definition) is 4. The SMILES string of the molecule is CCCCNNC(=O)[C@H](CC(C)C)NC(=O)[C@@H](Cc1cccc2ccccc12)NC(=O)OCc1ccccc1. The third-order valence-electron chi connectivity index (χ3n) is 6.33. The maximum Gasteiger partial charge on any atom is 0.408 e. The molecule has 3 aromatic rings. The van der Waals surface area contributed by atoms with Crippen molar-refractivity contribution in [2.45, 2.75) is 65.1 Å². The first-order valence-corrected chi connectivity index (χ1v) is 13.6. The molecule has 0 saturated heterocycles. The van der Waals surface area contributed by atoms with Crippen LogP contribution in [-0.4, -0.2) is 36.5 Å². The van der Waals surface area contributed by atoms with E-state index in [-0.39, 0.29) is 24.9 Å². The molecule has 0 fully saturated rings. The monoisotopic (exact) mass is 532 g/mol. The lowest BCUT2D eigenvalue weighted by Crippen LogP contribution is -2.56. The smallest absolute Gasteiger partial charge is 0.408 e. The minimum absolute atomic E-state index is 0.0804. The first kappa shape index (κ1) is 29.6. The summed E-state index contributed by atoms with van der Waals surface area (Å²) >= 11 is 0. The number of hydrazine groups is 1. The van der Waals surface area contributed by atoms with E-state index < -0.39 is 24.1 Å². The van der Waals surface area contributed by atoms with Crippen LogP contribution in [0.5, 0.6) is 0 Å². The molecule has 0 bridgehead atoms. The number of amides is 3. The second-order valence-corrected chi connectivity index (χ2v) is 10.1. The van der Waals surface area contributed by atoms with E-state index in [1.54, 1.807) is 0 Å². The molecule has 208 valence electrons. The van der Waals surface area contributed by atoms with Gasteiger partial charge in [-0.05, 0) is 40.7 Å². The summed E-state index contributed by atoms with van der Waals surface area (Å²) in [5.41, 5.74) is 7.38. The maximum absolute atomic E-state index is 13.6. The Morgan fingerprint density at radius 3 is 2.28 bits per heavy atom. The van der Waals surface area contributed by atoms with Crippen molar-refractivity contribution in [2.75, 3.05) is 6.54 Å². The van der Waals surface area contributed by atoms with Crippen LogP contribution in [0.2, 0.25) is 0 Å². The first-order valence-electron chi connectivity index (χ1n) is 13.6. The van der Waals surface area contributed by atoms with E-state index in [1.807, 2.05) is 86.6 Å². The molecule has 3 rings (SSSR count). The summed E-state index contributed by atoms with van der Waals surface area (Å²) in [5.74, 6) is -0.602. The largest absolute Gasteiger partial charge is 0.445 e. The molecule has 0 aromatic heterocycles. The van der Waals surface area contributed by atoms with Gasteiger partial charge in [-0.1, -0.05) is 100.0 Å². The van der Waals surface area contributed by atoms with E-state index in [0.29, 0.717) is 13.0 Å². The number of carbonyl (C=O) groups is 3. The highest BCUT2D eigenvalue weighted by atomic mass is 16.5. The van der Waals surface area contributed by atoms with Gasteiger partial charge in [0.2, 0.25) is 5.91 Å². The van der Waals surface area contributed by atoms with Crippen LogP contribution < -0.4 is 21.5 Å². The fraction of sp³-hybridized carbons (Fsp3) is 0.387. The van der Waals surface area contributed by atoms with Gasteiger partial charge in [-0.3, -0.25) is 15.0 Å². The Bertz CT molecular complexity index is 1210. The molecule has 39 heavy (non-hydrogen) atoms. The predicted octanol–water partition coefficient (Wildman–Crippen LogP) is 4.63. The fourth-order valence-corrected chi connectivity index (χ4v) is 4.28. The Kier molecular flexibility index (Phi) is 11.8. The summed E-state index contributed by atoms with van der Waals surface area (Å²) in [6.45, 7) is 6.77. The van der Waals surface area contributed by atoms with Gasteiger partial charge < -0.3 is 15.4 Å². The Labute approximate surface area is 230 Å². The average Bonchev–Trinajstić information content (AvgIpc) is 2.94. The number of hydrogen-bond acceptors (Lipinski definition) is 5. The summed E-state index contributed by atoms with van der Waals surface area (Å²) in [6, 6.07) is 21.4. The minimum Gasteiger partial charge on any atom is -0.445 e. The molecule has 3 aromatic carbocycles. The van der Waals surface area contributed by atoms with Crippen molar-refractivity contribution < 1.29 is 19.1 Å². The molecule has 8 nitrogen and oxygen atoms in total. The molecule has 0 radical (unpaired) electrons. The fourth-order valence-electron chi connectivity index (χ4n) is 4.28. The highest BCUT2D eigenvalue weighted by Crippen LogP contribution is 2.20. The molecular weight excluding hydrogens is 492 g/mol. The lowest BCUT2D eigenvalue weighted by atomic mass is 9.97. The molecule has 0 aliphatic carbocycles. The Hall–Kier alpha value is -3.91. The number of alkyl carbamates (subject to hydrolysis) is 1. The Balaban J connectivity index is 1.77. The van der Waals surface area contributed by atoms with Gasteiger partial charge in [0.1, 0.15) is 18.7 Å². The van der Waals surface area contributed by atoms with Gasteiger partial charge in [0.15, 0.2) is 0 Å². The van der Waals surface area contributed by atoms with Crippen LogP contribution in [0.25, 0.3) is 10.8 Å². The Morgan fingerprint density at radius 1 is 0.821 bits per heavy atom. The molecule has 0 aliphatic heterocycles. The van der Waals surface area contributed by atoms with Gasteiger partial charge in [-0.25, -0.2) is 10.2 Å². The van der Waals surface area contributed by atoms with Crippen LogP contribution in [0.4, 0.5) is 4.79 Å². The van der Waals surface area contributed by atoms with Gasteiger partial charge in [0.25, 0.3) is 5.91 Å². The predicted molar refractivity (Wildman–Crippen MR) is 154 cm³/mol. The van der Waals surface area contributed by atoms with E-state index >= 15 is 0 Å². The molecule has 0 saturated carbocycles. The van der Waals surface area contributed by atoms with Crippen molar-refractivity contribution in [3.8, 4) is 0 Å². The van der Waals surface area contributed by atoms with Crippen molar-refractivity contribution in [1.29, 1.82) is 0 Å². The number of carbonyl (C=O) groups excluding carboxylic acids is 3. The topological polar surface area (TPSA) is 109 Å². The number of fused-ring (bicyclic) bond motifs is 1. The third kappa shape index (κ3) is 9.72. The molecular formula is C31H40N4O4. The van der Waals surface area contributed by atoms with Crippen molar-refractivity contribution in [1.82, 2.24) is 21.5 Å². The zero-order chi connectivity index (χ0) is 28.0. The summed E-state index contributed by atoms with van der Waals surface area (Å²) in [4.78, 5) is 39.3. The number of ether oxygens (including phenoxy) is 1. The van der Waals surface area contributed by atoms with Crippen molar-refractivity contribution >= 4 is 28.7 Å². The van der Waals surface area contributed by atoms with Gasteiger partial charge in [-0.15, -0.1) is 0 Å². The normalized spacial score (nSPS) is 12.5. The van der Waals surface area contributed by atoms with E-state index in [4.69, 9.17) is 4.74 Å². The van der Waals surface area contributed by atoms with Crippen LogP contribution in [0.15, 0.2) is 72.8 Å². The molecule has 0 aliphatic rings. The number of benzene rings is 3. The third-order valence-corrected chi connectivity index (χ3v) is 6.33. The van der Waals surface area contributed by atoms with Gasteiger partial charge in [0, 0.05) is 13.0 Å². The van der Waals surface area contributed by atoms with Crippen LogP contribution in [0, 0.1) is 5.92 Å². The second-order valence-electron chi connectivity index (χ2n) is 10.1. The summed E-state index contributed by atoms with van der Waals surface area (Å²) in [5, 5.41) is 7.64. The minimum atomic E-state index is -0.949. The first-order chi connectivity index (χ1) is 18.9. The summed E-state index contributed by atoms with van der Waals surface area (Å²) in [6.07, 6.45) is 1.90. The molecule has 3 amide bonds. The highest BCUT2D eigenvalue weighted by Gasteiger charge is 2.28. The summed E-state index contributed by atoms with van der Waals surface area (Å²) < 4.78 is 5.41. The average molecular weight is 533 g/mol. The van der Waals surface area contributed by atoms with Crippen LogP contribution >= 0.6 is 0 Å². The molecule has 8 heteroatoms. The lowest BCUT2D eigenvalue weighted by Gasteiger charge is -2.24. The second kappa shape index (κ2) is 15.5. The summed E-state index contributed by atoms with van der Waals surface area (Å²) in [7, 11) is 0. The van der Waals surface area contributed by atoms with E-state index in [1.165, 1.54) is 0 Å². The van der Waals surface area contributed by atoms with Crippen LogP contribution in [-0.2, 0) is 27.4 Å². The van der Waals surface area contributed by atoms with E-state index in [9.17, 15) is 14.4 Å². The maximum atomic E-state index is 13.6. The highest BCUT2D eigenvalue weighted by molar-refractivity contribution is 5.92. The number of unbranched alkanes of at least 4 members (excludes halogenated alkanes) is 1. The number of rotatable bonds is 14. The molecule has 2 atom stereocenters. The quantitative estimate of drug-likeness (QED) is 0.179. The Morgan fingerprint density at radius 2 is 1.54 bits per heavy atom. The van der Waals surface area contributed by atoms with Crippen LogP contribution in [0.3, 0.4) is 0 Å². The molecule has 0 unspecified atom stereocenters. The standard InChI is InChI=1S/C31H40N4O4/c1-4-5-18-32-35-30(37)27(19-22(2)3)33-29(36)28(34-31(38)39-21-23-12-7-6-8-13-23)20-25-16-11-15-24-14-9-10-17-26(24)25/h6-17,22,27-28,32H,4-5,18-21H2,1-3H3,(H,33,36)(H,34,38)(H,35,37)/t27-,28+/m0/s1. The molecule has 0 heterocycles. The lowest BCUT2D eigenvalue weighted by molar-refractivity contribution is -0.130. The van der Waals surface area contributed by atoms with Crippen molar-refractivity contribution in [2.24, 2.45) is 5.92 Å². The van der Waals surface area contributed by atoms with Crippen molar-refractivity contribution in [3.05, 3.63) is 83.9 Å². The zero-order valence-corrected chi connectivity index (χ0v) is 23.0. The van der Waals surface area contributed by atoms with Gasteiger partial charge in [-0.2, -0.15) is 0 Å². The number of nitrogens with one attached hydrogen (secondary N) is 4. The van der Waals surface area contributed by atoms with E-state index in [2.05, 4.69) is 28.4 Å².